The highest BCUT2D eigenvalue weighted by molar-refractivity contribution is 5.65. The number of rotatable bonds is 8. The Balaban J connectivity index is 2.11. The van der Waals surface area contributed by atoms with Crippen LogP contribution >= 0.6 is 0 Å². The van der Waals surface area contributed by atoms with E-state index >= 15 is 0 Å². The molecule has 0 aliphatic heterocycles. The van der Waals surface area contributed by atoms with Gasteiger partial charge in [0, 0.05) is 31.0 Å². The van der Waals surface area contributed by atoms with Gasteiger partial charge in [0.05, 0.1) is 13.2 Å². The van der Waals surface area contributed by atoms with Crippen LogP contribution in [0.3, 0.4) is 0 Å². The third kappa shape index (κ3) is 5.42. The normalized spacial score (nSPS) is 10.6. The maximum Gasteiger partial charge on any atom is 0.330 e. The summed E-state index contributed by atoms with van der Waals surface area (Å²) in [7, 11) is 0. The van der Waals surface area contributed by atoms with Crippen LogP contribution in [0.2, 0.25) is 0 Å². The van der Waals surface area contributed by atoms with E-state index in [4.69, 9.17) is 9.47 Å². The molecule has 7 nitrogen and oxygen atoms in total. The van der Waals surface area contributed by atoms with Gasteiger partial charge in [-0.15, -0.1) is 0 Å². The number of hydrogen-bond acceptors (Lipinski definition) is 5. The molecule has 1 aromatic heterocycles. The second kappa shape index (κ2) is 8.98. The first kappa shape index (κ1) is 18.7. The van der Waals surface area contributed by atoms with Gasteiger partial charge in [0.15, 0.2) is 0 Å². The third-order valence-electron chi connectivity index (χ3n) is 3.74. The van der Waals surface area contributed by atoms with Gasteiger partial charge in [-0.1, -0.05) is 30.3 Å². The lowest BCUT2D eigenvalue weighted by Crippen LogP contribution is -2.35. The molecule has 0 saturated heterocycles. The Morgan fingerprint density at radius 1 is 1.16 bits per heavy atom. The number of aromatic nitrogens is 2. The Labute approximate surface area is 145 Å². The molecule has 0 atom stereocenters. The van der Waals surface area contributed by atoms with Gasteiger partial charge in [-0.25, -0.2) is 4.79 Å². The van der Waals surface area contributed by atoms with Gasteiger partial charge in [-0.2, -0.15) is 0 Å². The first-order valence-electron chi connectivity index (χ1n) is 8.06. The fourth-order valence-electron chi connectivity index (χ4n) is 2.40. The molecule has 2 aromatic rings. The number of nitrogens with zero attached hydrogens (tertiary/aromatic N) is 1. The average Bonchev–Trinajstić information content (AvgIpc) is 2.58. The van der Waals surface area contributed by atoms with Gasteiger partial charge in [-0.05, 0) is 12.5 Å². The molecule has 0 aliphatic rings. The molecular weight excluding hydrogens is 324 g/mol. The largest absolute Gasteiger partial charge is 0.466 e. The number of carbonyl (C=O) groups is 1. The number of nitrogens with one attached hydrogen (secondary N) is 1. The van der Waals surface area contributed by atoms with Crippen molar-refractivity contribution in [2.24, 2.45) is 0 Å². The molecule has 7 heteroatoms. The van der Waals surface area contributed by atoms with Crippen molar-refractivity contribution in [3.8, 4) is 0 Å². The molecule has 0 radical (unpaired) electrons. The van der Waals surface area contributed by atoms with Crippen LogP contribution in [0.25, 0.3) is 0 Å². The number of ether oxygens (including phenoxy) is 2. The van der Waals surface area contributed by atoms with Crippen molar-refractivity contribution < 1.29 is 14.3 Å². The minimum Gasteiger partial charge on any atom is -0.466 e. The Kier molecular flexibility index (Phi) is 6.71. The van der Waals surface area contributed by atoms with Gasteiger partial charge < -0.3 is 9.47 Å². The van der Waals surface area contributed by atoms with Crippen LogP contribution in [0.5, 0.6) is 0 Å². The quantitative estimate of drug-likeness (QED) is 0.576. The highest BCUT2D eigenvalue weighted by Gasteiger charge is 2.12. The molecule has 0 aliphatic carbocycles. The topological polar surface area (TPSA) is 90.4 Å². The van der Waals surface area contributed by atoms with Crippen LogP contribution in [0.1, 0.15) is 30.2 Å². The van der Waals surface area contributed by atoms with Crippen molar-refractivity contribution >= 4 is 5.97 Å². The van der Waals surface area contributed by atoms with Crippen molar-refractivity contribution in [3.63, 3.8) is 0 Å². The molecule has 0 fully saturated rings. The van der Waals surface area contributed by atoms with E-state index in [9.17, 15) is 14.4 Å². The van der Waals surface area contributed by atoms with Crippen molar-refractivity contribution in [2.75, 3.05) is 13.2 Å². The molecule has 134 valence electrons. The maximum absolute atomic E-state index is 12.2. The fraction of sp³-hybridized carbons (Fsp3) is 0.389. The Morgan fingerprint density at radius 3 is 2.56 bits per heavy atom. The molecule has 1 N–H and O–H groups in total. The van der Waals surface area contributed by atoms with Gasteiger partial charge >= 0.3 is 11.7 Å². The molecule has 1 heterocycles. The molecule has 0 saturated carbocycles. The van der Waals surface area contributed by atoms with E-state index in [1.807, 2.05) is 30.3 Å². The SMILES string of the molecule is CC(=O)OCCCOCn1c(Cc2ccccc2)c(C)c(=O)[nH]c1=O. The van der Waals surface area contributed by atoms with Crippen molar-refractivity contribution in [3.05, 3.63) is 68.0 Å². The zero-order chi connectivity index (χ0) is 18.2. The third-order valence-corrected chi connectivity index (χ3v) is 3.74. The first-order valence-corrected chi connectivity index (χ1v) is 8.06. The molecule has 0 unspecified atom stereocenters. The van der Waals surface area contributed by atoms with E-state index in [0.717, 1.165) is 5.56 Å². The van der Waals surface area contributed by atoms with Crippen LogP contribution in [-0.4, -0.2) is 28.7 Å². The Bertz CT molecular complexity index is 824. The van der Waals surface area contributed by atoms with Gasteiger partial charge in [0.1, 0.15) is 6.73 Å². The highest BCUT2D eigenvalue weighted by Crippen LogP contribution is 2.10. The summed E-state index contributed by atoms with van der Waals surface area (Å²) in [4.78, 5) is 37.1. The van der Waals surface area contributed by atoms with Crippen molar-refractivity contribution in [2.45, 2.75) is 33.4 Å². The van der Waals surface area contributed by atoms with E-state index in [2.05, 4.69) is 4.98 Å². The minimum absolute atomic E-state index is 0.0265. The summed E-state index contributed by atoms with van der Waals surface area (Å²) in [6.45, 7) is 3.67. The van der Waals surface area contributed by atoms with Crippen LogP contribution in [0.4, 0.5) is 0 Å². The summed E-state index contributed by atoms with van der Waals surface area (Å²) in [5.41, 5.74) is 1.23. The van der Waals surface area contributed by atoms with E-state index < -0.39 is 5.69 Å². The summed E-state index contributed by atoms with van der Waals surface area (Å²) in [5.74, 6) is -0.336. The molecule has 0 spiro atoms. The number of esters is 1. The summed E-state index contributed by atoms with van der Waals surface area (Å²) in [6.07, 6.45) is 0.993. The van der Waals surface area contributed by atoms with E-state index in [1.54, 1.807) is 6.92 Å². The van der Waals surface area contributed by atoms with Crippen LogP contribution < -0.4 is 11.2 Å². The predicted octanol–water partition coefficient (Wildman–Crippen LogP) is 1.36. The smallest absolute Gasteiger partial charge is 0.330 e. The first-order chi connectivity index (χ1) is 12.0. The molecule has 2 rings (SSSR count). The van der Waals surface area contributed by atoms with Crippen LogP contribution in [0, 0.1) is 6.92 Å². The highest BCUT2D eigenvalue weighted by atomic mass is 16.5. The number of hydrogen-bond donors (Lipinski definition) is 1. The molecule has 0 bridgehead atoms. The standard InChI is InChI=1S/C18H22N2O5/c1-13-16(11-15-7-4-3-5-8-15)20(18(23)19-17(13)22)12-24-9-6-10-25-14(2)21/h3-5,7-8H,6,9-12H2,1-2H3,(H,19,22,23). The maximum atomic E-state index is 12.2. The summed E-state index contributed by atoms with van der Waals surface area (Å²) < 4.78 is 11.8. The lowest BCUT2D eigenvalue weighted by atomic mass is 10.1. The van der Waals surface area contributed by atoms with Gasteiger partial charge in [-0.3, -0.25) is 19.1 Å². The second-order valence-corrected chi connectivity index (χ2v) is 5.65. The second-order valence-electron chi connectivity index (χ2n) is 5.65. The monoisotopic (exact) mass is 346 g/mol. The van der Waals surface area contributed by atoms with Gasteiger partial charge in [0.25, 0.3) is 5.56 Å². The Morgan fingerprint density at radius 2 is 1.88 bits per heavy atom. The summed E-state index contributed by atoms with van der Waals surface area (Å²) >= 11 is 0. The van der Waals surface area contributed by atoms with E-state index in [1.165, 1.54) is 11.5 Å². The zero-order valence-electron chi connectivity index (χ0n) is 14.4. The van der Waals surface area contributed by atoms with Crippen LogP contribution in [-0.2, 0) is 27.4 Å². The van der Waals surface area contributed by atoms with Gasteiger partial charge in [0.2, 0.25) is 0 Å². The zero-order valence-corrected chi connectivity index (χ0v) is 14.4. The Hall–Kier alpha value is -2.67. The van der Waals surface area contributed by atoms with Crippen molar-refractivity contribution in [1.82, 2.24) is 9.55 Å². The molecule has 0 amide bonds. The number of benzene rings is 1. The summed E-state index contributed by atoms with van der Waals surface area (Å²) in [6, 6.07) is 9.61. The minimum atomic E-state index is -0.499. The van der Waals surface area contributed by atoms with E-state index in [-0.39, 0.29) is 24.9 Å². The lowest BCUT2D eigenvalue weighted by molar-refractivity contribution is -0.141. The molecular formula is C18H22N2O5. The number of carbonyl (C=O) groups excluding carboxylic acids is 1. The molecule has 25 heavy (non-hydrogen) atoms. The van der Waals surface area contributed by atoms with E-state index in [0.29, 0.717) is 30.7 Å². The summed E-state index contributed by atoms with van der Waals surface area (Å²) in [5, 5.41) is 0. The van der Waals surface area contributed by atoms with Crippen LogP contribution in [0.15, 0.2) is 39.9 Å². The number of H-pyrrole nitrogens is 1. The predicted molar refractivity (Wildman–Crippen MR) is 92.5 cm³/mol. The lowest BCUT2D eigenvalue weighted by Gasteiger charge is -2.15. The van der Waals surface area contributed by atoms with Crippen molar-refractivity contribution in [1.29, 1.82) is 0 Å². The fourth-order valence-corrected chi connectivity index (χ4v) is 2.40. The number of aromatic amines is 1. The average molecular weight is 346 g/mol. The molecule has 1 aromatic carbocycles.